The van der Waals surface area contributed by atoms with Crippen molar-refractivity contribution in [2.75, 3.05) is 0 Å². The molecule has 0 saturated heterocycles. The van der Waals surface area contributed by atoms with Gasteiger partial charge in [-0.05, 0) is 41.0 Å². The number of benzene rings is 2. The molecule has 0 aliphatic rings. The summed E-state index contributed by atoms with van der Waals surface area (Å²) in [6.07, 6.45) is 3.08. The zero-order valence-corrected chi connectivity index (χ0v) is 11.1. The maximum atomic E-state index is 9.58. The molecule has 2 aromatic carbocycles. The molecule has 3 rings (SSSR count). The molecule has 21 heavy (non-hydrogen) atoms. The van der Waals surface area contributed by atoms with Gasteiger partial charge in [-0.2, -0.15) is 10.4 Å². The van der Waals surface area contributed by atoms with Crippen molar-refractivity contribution in [2.45, 2.75) is 6.54 Å². The molecule has 0 spiro atoms. The molecule has 0 radical (unpaired) electrons. The van der Waals surface area contributed by atoms with Gasteiger partial charge >= 0.3 is 0 Å². The van der Waals surface area contributed by atoms with Gasteiger partial charge < -0.3 is 5.11 Å². The zero-order chi connectivity index (χ0) is 14.7. The smallest absolute Gasteiger partial charge is 0.137 e. The molecular formula is C16H12N4O. The molecule has 0 saturated carbocycles. The van der Waals surface area contributed by atoms with Crippen molar-refractivity contribution in [2.24, 2.45) is 0 Å². The average molecular weight is 276 g/mol. The van der Waals surface area contributed by atoms with Crippen molar-refractivity contribution < 1.29 is 5.11 Å². The second-order valence-electron chi connectivity index (χ2n) is 4.63. The van der Waals surface area contributed by atoms with Gasteiger partial charge in [0.05, 0.1) is 18.2 Å². The Morgan fingerprint density at radius 2 is 2.00 bits per heavy atom. The fraction of sp³-hybridized carbons (Fsp3) is 0.0625. The topological polar surface area (TPSA) is 74.7 Å². The average Bonchev–Trinajstić information content (AvgIpc) is 3.00. The molecule has 0 atom stereocenters. The molecule has 5 nitrogen and oxygen atoms in total. The van der Waals surface area contributed by atoms with Gasteiger partial charge in [-0.25, -0.2) is 9.67 Å². The summed E-state index contributed by atoms with van der Waals surface area (Å²) in [5.74, 6) is 0.217. The highest BCUT2D eigenvalue weighted by atomic mass is 16.3. The molecule has 102 valence electrons. The summed E-state index contributed by atoms with van der Waals surface area (Å²) < 4.78 is 1.67. The van der Waals surface area contributed by atoms with Crippen molar-refractivity contribution in [3.05, 3.63) is 66.2 Å². The van der Waals surface area contributed by atoms with E-state index in [9.17, 15) is 10.4 Å². The van der Waals surface area contributed by atoms with E-state index in [1.54, 1.807) is 35.3 Å². The molecule has 0 unspecified atom stereocenters. The van der Waals surface area contributed by atoms with Crippen LogP contribution >= 0.6 is 0 Å². The molecule has 0 fully saturated rings. The number of aromatic hydroxyl groups is 1. The molecule has 0 aliphatic carbocycles. The maximum absolute atomic E-state index is 9.58. The van der Waals surface area contributed by atoms with Crippen LogP contribution in [0.25, 0.3) is 11.1 Å². The Balaban J connectivity index is 2.02. The second kappa shape index (κ2) is 5.47. The van der Waals surface area contributed by atoms with E-state index in [4.69, 9.17) is 0 Å². The van der Waals surface area contributed by atoms with Gasteiger partial charge in [-0.15, -0.1) is 0 Å². The van der Waals surface area contributed by atoms with Crippen LogP contribution in [0.15, 0.2) is 55.1 Å². The summed E-state index contributed by atoms with van der Waals surface area (Å²) in [5, 5.41) is 22.9. The summed E-state index contributed by atoms with van der Waals surface area (Å²) in [4.78, 5) is 3.90. The van der Waals surface area contributed by atoms with Crippen LogP contribution in [0.3, 0.4) is 0 Å². The van der Waals surface area contributed by atoms with E-state index in [1.807, 2.05) is 18.2 Å². The monoisotopic (exact) mass is 276 g/mol. The highest BCUT2D eigenvalue weighted by Gasteiger charge is 2.07. The van der Waals surface area contributed by atoms with Gasteiger partial charge in [0.2, 0.25) is 0 Å². The molecule has 0 amide bonds. The van der Waals surface area contributed by atoms with Crippen LogP contribution in [0.5, 0.6) is 5.75 Å². The normalized spacial score (nSPS) is 10.2. The molecule has 3 aromatic rings. The van der Waals surface area contributed by atoms with E-state index in [0.29, 0.717) is 12.1 Å². The van der Waals surface area contributed by atoms with Crippen LogP contribution in [0.1, 0.15) is 11.1 Å². The Bertz CT molecular complexity index is 803. The molecule has 0 bridgehead atoms. The van der Waals surface area contributed by atoms with E-state index < -0.39 is 0 Å². The van der Waals surface area contributed by atoms with Gasteiger partial charge in [0.1, 0.15) is 18.4 Å². The first-order chi connectivity index (χ1) is 10.3. The summed E-state index contributed by atoms with van der Waals surface area (Å²) in [5.41, 5.74) is 3.32. The third kappa shape index (κ3) is 2.74. The lowest BCUT2D eigenvalue weighted by Crippen LogP contribution is -2.02. The van der Waals surface area contributed by atoms with Crippen molar-refractivity contribution in [3.8, 4) is 22.9 Å². The van der Waals surface area contributed by atoms with Gasteiger partial charge in [0, 0.05) is 0 Å². The summed E-state index contributed by atoms with van der Waals surface area (Å²) >= 11 is 0. The highest BCUT2D eigenvalue weighted by Crippen LogP contribution is 2.25. The van der Waals surface area contributed by atoms with Crippen LogP contribution in [0, 0.1) is 11.3 Å². The minimum absolute atomic E-state index is 0.217. The predicted octanol–water partition coefficient (Wildman–Crippen LogP) is 2.57. The number of hydrogen-bond donors (Lipinski definition) is 1. The van der Waals surface area contributed by atoms with Crippen LogP contribution < -0.4 is 0 Å². The highest BCUT2D eigenvalue weighted by molar-refractivity contribution is 5.67. The number of rotatable bonds is 3. The van der Waals surface area contributed by atoms with Gasteiger partial charge in [-0.3, -0.25) is 0 Å². The molecule has 1 N–H and O–H groups in total. The van der Waals surface area contributed by atoms with E-state index in [-0.39, 0.29) is 5.75 Å². The second-order valence-corrected chi connectivity index (χ2v) is 4.63. The van der Waals surface area contributed by atoms with Gasteiger partial charge in [0.15, 0.2) is 0 Å². The first-order valence-electron chi connectivity index (χ1n) is 6.41. The van der Waals surface area contributed by atoms with Crippen molar-refractivity contribution in [3.63, 3.8) is 0 Å². The van der Waals surface area contributed by atoms with Crippen LogP contribution in [-0.2, 0) is 6.54 Å². The molecule has 5 heteroatoms. The van der Waals surface area contributed by atoms with Crippen LogP contribution in [-0.4, -0.2) is 19.9 Å². The number of aromatic nitrogens is 3. The molecular weight excluding hydrogens is 264 g/mol. The largest absolute Gasteiger partial charge is 0.508 e. The first kappa shape index (κ1) is 12.9. The third-order valence-electron chi connectivity index (χ3n) is 3.20. The van der Waals surface area contributed by atoms with Crippen LogP contribution in [0.2, 0.25) is 0 Å². The Labute approximate surface area is 121 Å². The Morgan fingerprint density at radius 1 is 1.14 bits per heavy atom. The van der Waals surface area contributed by atoms with E-state index in [2.05, 4.69) is 16.2 Å². The number of nitrogens with zero attached hydrogens (tertiary/aromatic N) is 4. The zero-order valence-electron chi connectivity index (χ0n) is 11.1. The lowest BCUT2D eigenvalue weighted by atomic mass is 9.99. The Kier molecular flexibility index (Phi) is 3.36. The Hall–Kier alpha value is -3.13. The van der Waals surface area contributed by atoms with Gasteiger partial charge in [-0.1, -0.05) is 18.2 Å². The van der Waals surface area contributed by atoms with Crippen molar-refractivity contribution in [1.82, 2.24) is 14.8 Å². The minimum Gasteiger partial charge on any atom is -0.508 e. The number of hydrogen-bond acceptors (Lipinski definition) is 4. The molecule has 1 heterocycles. The van der Waals surface area contributed by atoms with Crippen molar-refractivity contribution >= 4 is 0 Å². The summed E-state index contributed by atoms with van der Waals surface area (Å²) in [6.45, 7) is 0.482. The summed E-state index contributed by atoms with van der Waals surface area (Å²) in [7, 11) is 0. The quantitative estimate of drug-likeness (QED) is 0.797. The fourth-order valence-corrected chi connectivity index (χ4v) is 2.19. The molecule has 0 aliphatic heterocycles. The maximum Gasteiger partial charge on any atom is 0.137 e. The third-order valence-corrected chi connectivity index (χ3v) is 3.20. The van der Waals surface area contributed by atoms with E-state index >= 15 is 0 Å². The van der Waals surface area contributed by atoms with Crippen molar-refractivity contribution in [1.29, 1.82) is 5.26 Å². The van der Waals surface area contributed by atoms with Crippen LogP contribution in [0.4, 0.5) is 0 Å². The summed E-state index contributed by atoms with van der Waals surface area (Å²) in [6, 6.07) is 14.8. The minimum atomic E-state index is 0.217. The fourth-order valence-electron chi connectivity index (χ4n) is 2.19. The molecule has 1 aromatic heterocycles. The van der Waals surface area contributed by atoms with Gasteiger partial charge in [0.25, 0.3) is 0 Å². The SMILES string of the molecule is N#Cc1ccc(-c2cccc(O)c2)cc1Cn1cncn1. The van der Waals surface area contributed by atoms with E-state index in [1.165, 1.54) is 6.33 Å². The predicted molar refractivity (Wildman–Crippen MR) is 77.4 cm³/mol. The number of nitriles is 1. The standard InChI is InChI=1S/C16H12N4O/c17-8-14-5-4-13(12-2-1-3-16(21)7-12)6-15(14)9-20-11-18-10-19-20/h1-7,10-11,21H,9H2. The number of phenols is 1. The Morgan fingerprint density at radius 3 is 2.71 bits per heavy atom. The van der Waals surface area contributed by atoms with E-state index in [0.717, 1.165) is 16.7 Å². The number of phenolic OH excluding ortho intramolecular Hbond substituents is 1. The lowest BCUT2D eigenvalue weighted by Gasteiger charge is -2.08. The first-order valence-corrected chi connectivity index (χ1v) is 6.41. The lowest BCUT2D eigenvalue weighted by molar-refractivity contribution is 0.475.